The van der Waals surface area contributed by atoms with Crippen molar-refractivity contribution in [1.29, 1.82) is 0 Å². The molecule has 0 aliphatic heterocycles. The first-order valence-electron chi connectivity index (χ1n) is 11.8. The molecule has 3 aromatic carbocycles. The summed E-state index contributed by atoms with van der Waals surface area (Å²) in [5.74, 6) is 0.165. The minimum Gasteiger partial charge on any atom is -0.455 e. The average Bonchev–Trinajstić information content (AvgIpc) is 3.02. The third-order valence-corrected chi connectivity index (χ3v) is 7.06. The number of benzene rings is 3. The molecule has 0 heterocycles. The largest absolute Gasteiger partial charge is 0.455 e. The highest BCUT2D eigenvalue weighted by atomic mass is 16.6. The first kappa shape index (κ1) is 21.4. The van der Waals surface area contributed by atoms with Gasteiger partial charge in [0.1, 0.15) is 12.2 Å². The molecule has 0 aromatic heterocycles. The van der Waals surface area contributed by atoms with Gasteiger partial charge in [-0.2, -0.15) is 0 Å². The number of fused-ring (bicyclic) bond motifs is 2. The van der Waals surface area contributed by atoms with Gasteiger partial charge >= 0.3 is 11.9 Å². The molecule has 0 saturated heterocycles. The SMILES string of the molecule is O=C(OC1CCC2Cc3ccccc3CC2CC1OC(=O)c1ccccc1)c1ccccc1. The van der Waals surface area contributed by atoms with E-state index in [2.05, 4.69) is 24.3 Å². The van der Waals surface area contributed by atoms with Crippen molar-refractivity contribution in [1.82, 2.24) is 0 Å². The summed E-state index contributed by atoms with van der Waals surface area (Å²) in [5.41, 5.74) is 3.82. The van der Waals surface area contributed by atoms with Gasteiger partial charge in [0.05, 0.1) is 11.1 Å². The van der Waals surface area contributed by atoms with E-state index in [1.807, 2.05) is 36.4 Å². The lowest BCUT2D eigenvalue weighted by Crippen LogP contribution is -2.36. The van der Waals surface area contributed by atoms with Crippen LogP contribution in [0.5, 0.6) is 0 Å². The Hall–Kier alpha value is -3.40. The summed E-state index contributed by atoms with van der Waals surface area (Å²) in [6.07, 6.45) is 3.41. The molecule has 4 unspecified atom stereocenters. The predicted octanol–water partition coefficient (Wildman–Crippen LogP) is 5.65. The third-order valence-electron chi connectivity index (χ3n) is 7.06. The molecule has 0 spiro atoms. The number of carbonyl (C=O) groups is 2. The van der Waals surface area contributed by atoms with Crippen molar-refractivity contribution < 1.29 is 19.1 Å². The summed E-state index contributed by atoms with van der Waals surface area (Å²) in [5, 5.41) is 0. The van der Waals surface area contributed by atoms with Gasteiger partial charge in [0.15, 0.2) is 0 Å². The van der Waals surface area contributed by atoms with Crippen LogP contribution < -0.4 is 0 Å². The van der Waals surface area contributed by atoms with Gasteiger partial charge < -0.3 is 9.47 Å². The fourth-order valence-electron chi connectivity index (χ4n) is 5.30. The maximum atomic E-state index is 12.9. The summed E-state index contributed by atoms with van der Waals surface area (Å²) >= 11 is 0. The van der Waals surface area contributed by atoms with Crippen LogP contribution in [0.1, 0.15) is 51.1 Å². The minimum absolute atomic E-state index is 0.365. The molecule has 5 rings (SSSR count). The lowest BCUT2D eigenvalue weighted by atomic mass is 9.73. The van der Waals surface area contributed by atoms with E-state index in [1.165, 1.54) is 11.1 Å². The molecule has 1 fully saturated rings. The number of rotatable bonds is 4. The van der Waals surface area contributed by atoms with Gasteiger partial charge in [-0.1, -0.05) is 60.7 Å². The van der Waals surface area contributed by atoms with Crippen molar-refractivity contribution in [2.45, 2.75) is 44.3 Å². The zero-order chi connectivity index (χ0) is 22.6. The van der Waals surface area contributed by atoms with Gasteiger partial charge in [-0.05, 0) is 79.3 Å². The van der Waals surface area contributed by atoms with E-state index >= 15 is 0 Å². The number of hydrogen-bond acceptors (Lipinski definition) is 4. The van der Waals surface area contributed by atoms with Crippen LogP contribution in [-0.2, 0) is 22.3 Å². The quantitative estimate of drug-likeness (QED) is 0.492. The Morgan fingerprint density at radius 1 is 0.576 bits per heavy atom. The Labute approximate surface area is 194 Å². The van der Waals surface area contributed by atoms with Crippen molar-refractivity contribution in [3.8, 4) is 0 Å². The van der Waals surface area contributed by atoms with Crippen molar-refractivity contribution in [3.05, 3.63) is 107 Å². The van der Waals surface area contributed by atoms with E-state index in [-0.39, 0.29) is 11.9 Å². The van der Waals surface area contributed by atoms with Crippen LogP contribution in [-0.4, -0.2) is 24.1 Å². The van der Waals surface area contributed by atoms with Crippen LogP contribution >= 0.6 is 0 Å². The van der Waals surface area contributed by atoms with Crippen molar-refractivity contribution in [2.75, 3.05) is 0 Å². The molecule has 4 atom stereocenters. The normalized spacial score (nSPS) is 24.0. The maximum Gasteiger partial charge on any atom is 0.338 e. The summed E-state index contributed by atoms with van der Waals surface area (Å²) in [7, 11) is 0. The second-order valence-electron chi connectivity index (χ2n) is 9.13. The first-order chi connectivity index (χ1) is 16.2. The molecule has 0 amide bonds. The molecule has 4 heteroatoms. The van der Waals surface area contributed by atoms with E-state index in [4.69, 9.17) is 9.47 Å². The van der Waals surface area contributed by atoms with Gasteiger partial charge in [0, 0.05) is 0 Å². The molecule has 1 saturated carbocycles. The smallest absolute Gasteiger partial charge is 0.338 e. The fraction of sp³-hybridized carbons (Fsp3) is 0.310. The van der Waals surface area contributed by atoms with Crippen LogP contribution in [0.2, 0.25) is 0 Å². The average molecular weight is 441 g/mol. The molecule has 33 heavy (non-hydrogen) atoms. The van der Waals surface area contributed by atoms with E-state index in [9.17, 15) is 9.59 Å². The molecule has 168 valence electrons. The number of hydrogen-bond donors (Lipinski definition) is 0. The molecule has 4 nitrogen and oxygen atoms in total. The highest BCUT2D eigenvalue weighted by molar-refractivity contribution is 5.90. The van der Waals surface area contributed by atoms with E-state index in [1.54, 1.807) is 24.3 Å². The van der Waals surface area contributed by atoms with Crippen molar-refractivity contribution in [2.24, 2.45) is 11.8 Å². The molecule has 2 aliphatic rings. The summed E-state index contributed by atoms with van der Waals surface area (Å²) < 4.78 is 12.0. The number of esters is 2. The highest BCUT2D eigenvalue weighted by Gasteiger charge is 2.40. The molecular formula is C29H28O4. The number of carbonyl (C=O) groups excluding carboxylic acids is 2. The third kappa shape index (κ3) is 4.85. The molecule has 2 aliphatic carbocycles. The maximum absolute atomic E-state index is 12.9. The van der Waals surface area contributed by atoms with E-state index in [0.717, 1.165) is 19.3 Å². The lowest BCUT2D eigenvalue weighted by molar-refractivity contribution is -0.0410. The minimum atomic E-state index is -0.467. The Bertz CT molecular complexity index is 1110. The standard InChI is InChI=1S/C29H28O4/c30-28(20-9-3-1-4-10-20)32-26-16-15-24-17-22-13-7-8-14-23(22)18-25(24)19-27(26)33-29(31)21-11-5-2-6-12-21/h1-14,24-27H,15-19H2. The second-order valence-corrected chi connectivity index (χ2v) is 9.13. The van der Waals surface area contributed by atoms with Crippen LogP contribution in [0.25, 0.3) is 0 Å². The van der Waals surface area contributed by atoms with Gasteiger partial charge in [0.25, 0.3) is 0 Å². The Kier molecular flexibility index (Phi) is 6.25. The monoisotopic (exact) mass is 440 g/mol. The van der Waals surface area contributed by atoms with Crippen LogP contribution in [0.15, 0.2) is 84.9 Å². The zero-order valence-corrected chi connectivity index (χ0v) is 18.6. The van der Waals surface area contributed by atoms with E-state index in [0.29, 0.717) is 35.8 Å². The van der Waals surface area contributed by atoms with Crippen LogP contribution in [0.3, 0.4) is 0 Å². The zero-order valence-electron chi connectivity index (χ0n) is 18.6. The molecule has 3 aromatic rings. The molecule has 0 bridgehead atoms. The highest BCUT2D eigenvalue weighted by Crippen LogP contribution is 2.40. The van der Waals surface area contributed by atoms with Gasteiger partial charge in [-0.25, -0.2) is 9.59 Å². The van der Waals surface area contributed by atoms with Gasteiger partial charge in [-0.15, -0.1) is 0 Å². The lowest BCUT2D eigenvalue weighted by Gasteiger charge is -2.33. The van der Waals surface area contributed by atoms with Crippen LogP contribution in [0.4, 0.5) is 0 Å². The Balaban J connectivity index is 1.38. The summed E-state index contributed by atoms with van der Waals surface area (Å²) in [6, 6.07) is 26.7. The first-order valence-corrected chi connectivity index (χ1v) is 11.8. The van der Waals surface area contributed by atoms with Gasteiger partial charge in [0.2, 0.25) is 0 Å². The molecular weight excluding hydrogens is 412 g/mol. The molecule has 0 N–H and O–H groups in total. The second kappa shape index (κ2) is 9.62. The topological polar surface area (TPSA) is 52.6 Å². The summed E-state index contributed by atoms with van der Waals surface area (Å²) in [6.45, 7) is 0. The fourth-order valence-corrected chi connectivity index (χ4v) is 5.30. The Morgan fingerprint density at radius 3 is 1.64 bits per heavy atom. The summed E-state index contributed by atoms with van der Waals surface area (Å²) in [4.78, 5) is 25.8. The van der Waals surface area contributed by atoms with Crippen LogP contribution in [0, 0.1) is 11.8 Å². The Morgan fingerprint density at radius 2 is 1.06 bits per heavy atom. The van der Waals surface area contributed by atoms with E-state index < -0.39 is 12.2 Å². The molecule has 0 radical (unpaired) electrons. The van der Waals surface area contributed by atoms with Crippen molar-refractivity contribution >= 4 is 11.9 Å². The number of ether oxygens (including phenoxy) is 2. The van der Waals surface area contributed by atoms with Gasteiger partial charge in [-0.3, -0.25) is 0 Å². The van der Waals surface area contributed by atoms with Crippen molar-refractivity contribution in [3.63, 3.8) is 0 Å². The predicted molar refractivity (Wildman–Crippen MR) is 126 cm³/mol.